The van der Waals surface area contributed by atoms with Crippen LogP contribution in [-0.4, -0.2) is 42.9 Å². The van der Waals surface area contributed by atoms with Gasteiger partial charge in [0.2, 0.25) is 11.8 Å². The fraction of sp³-hybridized carbons (Fsp3) is 0.440. The lowest BCUT2D eigenvalue weighted by molar-refractivity contribution is -0.134. The summed E-state index contributed by atoms with van der Waals surface area (Å²) in [4.78, 5) is 29.4. The molecule has 0 aromatic heterocycles. The Bertz CT molecular complexity index is 875. The Balaban J connectivity index is 1.46. The minimum atomic E-state index is -0.425. The largest absolute Gasteiger partial charge is 0.368 e. The normalized spacial score (nSPS) is 15.5. The van der Waals surface area contributed by atoms with Gasteiger partial charge in [-0.25, -0.2) is 4.39 Å². The van der Waals surface area contributed by atoms with Crippen molar-refractivity contribution in [2.75, 3.05) is 31.1 Å². The minimum absolute atomic E-state index is 0.0460. The van der Waals surface area contributed by atoms with Gasteiger partial charge in [-0.05, 0) is 42.2 Å². The molecule has 31 heavy (non-hydrogen) atoms. The molecule has 1 unspecified atom stereocenters. The van der Waals surface area contributed by atoms with Crippen molar-refractivity contribution < 1.29 is 14.0 Å². The zero-order chi connectivity index (χ0) is 22.4. The summed E-state index contributed by atoms with van der Waals surface area (Å²) < 4.78 is 13.1. The highest BCUT2D eigenvalue weighted by atomic mass is 19.1. The number of nitrogens with one attached hydrogen (secondary N) is 1. The van der Waals surface area contributed by atoms with Crippen LogP contribution >= 0.6 is 0 Å². The summed E-state index contributed by atoms with van der Waals surface area (Å²) in [6.07, 6.45) is 0.627. The van der Waals surface area contributed by atoms with Crippen LogP contribution in [-0.2, 0) is 9.59 Å². The summed E-state index contributed by atoms with van der Waals surface area (Å²) in [6.45, 7) is 8.58. The number of piperazine rings is 1. The van der Waals surface area contributed by atoms with Crippen LogP contribution < -0.4 is 10.2 Å². The average molecular weight is 426 g/mol. The van der Waals surface area contributed by atoms with Crippen LogP contribution in [0.5, 0.6) is 0 Å². The number of hydrogen-bond donors (Lipinski definition) is 1. The molecule has 0 radical (unpaired) electrons. The summed E-state index contributed by atoms with van der Waals surface area (Å²) in [5.74, 6) is -0.218. The highest BCUT2D eigenvalue weighted by molar-refractivity contribution is 5.80. The Morgan fingerprint density at radius 2 is 1.58 bits per heavy atom. The maximum absolute atomic E-state index is 13.1. The van der Waals surface area contributed by atoms with E-state index in [1.54, 1.807) is 12.1 Å². The minimum Gasteiger partial charge on any atom is -0.368 e. The van der Waals surface area contributed by atoms with Gasteiger partial charge in [0.05, 0.1) is 6.04 Å². The Hall–Kier alpha value is -2.89. The molecule has 166 valence electrons. The first-order valence-corrected chi connectivity index (χ1v) is 10.9. The predicted molar refractivity (Wildman–Crippen MR) is 121 cm³/mol. The van der Waals surface area contributed by atoms with Crippen LogP contribution in [0.4, 0.5) is 10.1 Å². The molecule has 0 saturated carbocycles. The molecule has 1 heterocycles. The van der Waals surface area contributed by atoms with E-state index in [4.69, 9.17) is 0 Å². The molecule has 1 saturated heterocycles. The Labute approximate surface area is 184 Å². The lowest BCUT2D eigenvalue weighted by Gasteiger charge is -2.37. The number of rotatable bonds is 7. The standard InChI is InChI=1S/C25H32FN3O2/c1-19(20-7-5-4-6-8-20)27-23(30)17-25(2,3)18-24(31)29-15-13-28(14-16-29)22-11-9-21(26)10-12-22/h4-12,19H,13-18H2,1-3H3,(H,27,30). The monoisotopic (exact) mass is 425 g/mol. The Kier molecular flexibility index (Phi) is 7.31. The number of halogens is 1. The van der Waals surface area contributed by atoms with Crippen LogP contribution in [0.1, 0.15) is 45.2 Å². The third-order valence-electron chi connectivity index (χ3n) is 5.77. The third kappa shape index (κ3) is 6.54. The second kappa shape index (κ2) is 9.94. The second-order valence-corrected chi connectivity index (χ2v) is 9.06. The molecule has 1 N–H and O–H groups in total. The smallest absolute Gasteiger partial charge is 0.223 e. The van der Waals surface area contributed by atoms with E-state index in [0.29, 0.717) is 39.0 Å². The first-order chi connectivity index (χ1) is 14.7. The van der Waals surface area contributed by atoms with Crippen molar-refractivity contribution in [1.82, 2.24) is 10.2 Å². The number of hydrogen-bond acceptors (Lipinski definition) is 3. The molecule has 2 amide bonds. The van der Waals surface area contributed by atoms with Gasteiger partial charge in [0.1, 0.15) is 5.82 Å². The van der Waals surface area contributed by atoms with E-state index in [-0.39, 0.29) is 23.7 Å². The van der Waals surface area contributed by atoms with Gasteiger partial charge in [0, 0.05) is 44.7 Å². The molecule has 1 atom stereocenters. The van der Waals surface area contributed by atoms with Gasteiger partial charge in [0.25, 0.3) is 0 Å². The summed E-state index contributed by atoms with van der Waals surface area (Å²) >= 11 is 0. The summed E-state index contributed by atoms with van der Waals surface area (Å²) in [5, 5.41) is 3.04. The lowest BCUT2D eigenvalue weighted by Crippen LogP contribution is -2.49. The van der Waals surface area contributed by atoms with Gasteiger partial charge in [-0.2, -0.15) is 0 Å². The predicted octanol–water partition coefficient (Wildman–Crippen LogP) is 4.16. The fourth-order valence-corrected chi connectivity index (χ4v) is 4.00. The molecule has 0 aliphatic carbocycles. The van der Waals surface area contributed by atoms with Crippen molar-refractivity contribution in [3.8, 4) is 0 Å². The van der Waals surface area contributed by atoms with Gasteiger partial charge >= 0.3 is 0 Å². The van der Waals surface area contributed by atoms with Crippen molar-refractivity contribution in [1.29, 1.82) is 0 Å². The molecule has 1 aliphatic rings. The Morgan fingerprint density at radius 1 is 0.968 bits per heavy atom. The highest BCUT2D eigenvalue weighted by Gasteiger charge is 2.30. The van der Waals surface area contributed by atoms with Gasteiger partial charge in [0.15, 0.2) is 0 Å². The topological polar surface area (TPSA) is 52.7 Å². The molecule has 1 aliphatic heterocycles. The Morgan fingerprint density at radius 3 is 2.19 bits per heavy atom. The van der Waals surface area contributed by atoms with Crippen molar-refractivity contribution in [3.63, 3.8) is 0 Å². The van der Waals surface area contributed by atoms with E-state index < -0.39 is 5.41 Å². The zero-order valence-electron chi connectivity index (χ0n) is 18.6. The van der Waals surface area contributed by atoms with Crippen molar-refractivity contribution in [3.05, 3.63) is 66.0 Å². The van der Waals surface area contributed by atoms with E-state index in [1.807, 2.05) is 56.0 Å². The average Bonchev–Trinajstić information content (AvgIpc) is 2.74. The van der Waals surface area contributed by atoms with Crippen LogP contribution in [0.15, 0.2) is 54.6 Å². The molecule has 2 aromatic carbocycles. The summed E-state index contributed by atoms with van der Waals surface area (Å²) in [7, 11) is 0. The highest BCUT2D eigenvalue weighted by Crippen LogP contribution is 2.27. The van der Waals surface area contributed by atoms with E-state index in [1.165, 1.54) is 12.1 Å². The molecule has 2 aromatic rings. The summed E-state index contributed by atoms with van der Waals surface area (Å²) in [5.41, 5.74) is 1.60. The number of anilines is 1. The summed E-state index contributed by atoms with van der Waals surface area (Å²) in [6, 6.07) is 16.2. The van der Waals surface area contributed by atoms with Crippen LogP contribution in [0, 0.1) is 11.2 Å². The second-order valence-electron chi connectivity index (χ2n) is 9.06. The molecular weight excluding hydrogens is 393 g/mol. The fourth-order valence-electron chi connectivity index (χ4n) is 4.00. The number of benzene rings is 2. The number of carbonyl (C=O) groups excluding carboxylic acids is 2. The van der Waals surface area contributed by atoms with Gasteiger partial charge in [-0.3, -0.25) is 9.59 Å². The zero-order valence-corrected chi connectivity index (χ0v) is 18.6. The van der Waals surface area contributed by atoms with Gasteiger partial charge in [-0.15, -0.1) is 0 Å². The van der Waals surface area contributed by atoms with E-state index in [9.17, 15) is 14.0 Å². The van der Waals surface area contributed by atoms with Gasteiger partial charge < -0.3 is 15.1 Å². The molecule has 0 spiro atoms. The molecule has 5 nitrogen and oxygen atoms in total. The molecule has 1 fully saturated rings. The van der Waals surface area contributed by atoms with Crippen molar-refractivity contribution in [2.45, 2.75) is 39.7 Å². The number of amides is 2. The first kappa shape index (κ1) is 22.8. The lowest BCUT2D eigenvalue weighted by atomic mass is 9.84. The third-order valence-corrected chi connectivity index (χ3v) is 5.77. The quantitative estimate of drug-likeness (QED) is 0.725. The van der Waals surface area contributed by atoms with Crippen molar-refractivity contribution >= 4 is 17.5 Å². The van der Waals surface area contributed by atoms with Crippen LogP contribution in [0.3, 0.4) is 0 Å². The maximum Gasteiger partial charge on any atom is 0.223 e. The van der Waals surface area contributed by atoms with Crippen LogP contribution in [0.2, 0.25) is 0 Å². The number of carbonyl (C=O) groups is 2. The van der Waals surface area contributed by atoms with Crippen molar-refractivity contribution in [2.24, 2.45) is 5.41 Å². The molecular formula is C25H32FN3O2. The maximum atomic E-state index is 13.1. The molecule has 6 heteroatoms. The van der Waals surface area contributed by atoms with Gasteiger partial charge in [-0.1, -0.05) is 44.2 Å². The van der Waals surface area contributed by atoms with E-state index in [2.05, 4.69) is 10.2 Å². The molecule has 3 rings (SSSR count). The molecule has 0 bridgehead atoms. The number of nitrogens with zero attached hydrogens (tertiary/aromatic N) is 2. The SMILES string of the molecule is CC(NC(=O)CC(C)(C)CC(=O)N1CCN(c2ccc(F)cc2)CC1)c1ccccc1. The van der Waals surface area contributed by atoms with E-state index in [0.717, 1.165) is 11.3 Å². The van der Waals surface area contributed by atoms with Crippen LogP contribution in [0.25, 0.3) is 0 Å². The van der Waals surface area contributed by atoms with E-state index >= 15 is 0 Å². The first-order valence-electron chi connectivity index (χ1n) is 10.9.